The predicted octanol–water partition coefficient (Wildman–Crippen LogP) is 2.05. The number of rotatable bonds is 2. The number of hydrogen-bond donors (Lipinski definition) is 2. The summed E-state index contributed by atoms with van der Waals surface area (Å²) in [6.45, 7) is 10.1. The fourth-order valence-corrected chi connectivity index (χ4v) is 2.18. The average Bonchev–Trinajstić information content (AvgIpc) is 2.58. The number of hydrogen-bond acceptors (Lipinski definition) is 3. The largest absolute Gasteiger partial charge is 0.495 e. The standard InChI is InChI=1S/C15H23BN2O3/c1-10-9-11(18-13(19)17-6)7-8-12(10)16-20-14(2,3)15(4,5)21-16/h7-9H,1-6H3,(H2,17,18,19). The molecule has 1 heterocycles. The van der Waals surface area contributed by atoms with Crippen LogP contribution in [0.15, 0.2) is 18.2 Å². The Labute approximate surface area is 126 Å². The lowest BCUT2D eigenvalue weighted by Crippen LogP contribution is -2.41. The first-order valence-electron chi connectivity index (χ1n) is 7.11. The summed E-state index contributed by atoms with van der Waals surface area (Å²) in [4.78, 5) is 11.3. The van der Waals surface area contributed by atoms with Crippen molar-refractivity contribution in [2.75, 3.05) is 12.4 Å². The second kappa shape index (κ2) is 5.35. The first-order chi connectivity index (χ1) is 9.66. The Balaban J connectivity index is 2.21. The number of aryl methyl sites for hydroxylation is 1. The van der Waals surface area contributed by atoms with Gasteiger partial charge in [0.05, 0.1) is 11.2 Å². The molecule has 2 amide bonds. The Hall–Kier alpha value is -1.53. The van der Waals surface area contributed by atoms with Gasteiger partial charge in [-0.1, -0.05) is 6.07 Å². The normalized spacial score (nSPS) is 19.4. The van der Waals surface area contributed by atoms with Gasteiger partial charge >= 0.3 is 13.1 Å². The van der Waals surface area contributed by atoms with E-state index in [0.717, 1.165) is 16.7 Å². The molecule has 1 aliphatic rings. The van der Waals surface area contributed by atoms with Crippen molar-refractivity contribution in [3.63, 3.8) is 0 Å². The maximum atomic E-state index is 11.3. The lowest BCUT2D eigenvalue weighted by Gasteiger charge is -2.32. The van der Waals surface area contributed by atoms with Gasteiger partial charge in [-0.3, -0.25) is 0 Å². The van der Waals surface area contributed by atoms with Crippen molar-refractivity contribution in [3.8, 4) is 0 Å². The Kier molecular flexibility index (Phi) is 4.04. The number of carbonyl (C=O) groups is 1. The van der Waals surface area contributed by atoms with E-state index < -0.39 is 0 Å². The second-order valence-electron chi connectivity index (χ2n) is 6.36. The minimum absolute atomic E-state index is 0.238. The Morgan fingerprint density at radius 1 is 1.14 bits per heavy atom. The number of urea groups is 1. The zero-order valence-corrected chi connectivity index (χ0v) is 13.5. The molecule has 114 valence electrons. The third-order valence-electron chi connectivity index (χ3n) is 4.26. The third-order valence-corrected chi connectivity index (χ3v) is 4.26. The first kappa shape index (κ1) is 15.9. The number of amides is 2. The van der Waals surface area contributed by atoms with Gasteiger partial charge in [-0.2, -0.15) is 0 Å². The monoisotopic (exact) mass is 290 g/mol. The van der Waals surface area contributed by atoms with Crippen LogP contribution in [0.25, 0.3) is 0 Å². The molecule has 0 aliphatic carbocycles. The summed E-state index contributed by atoms with van der Waals surface area (Å²) in [5.74, 6) is 0. The van der Waals surface area contributed by atoms with Gasteiger partial charge < -0.3 is 19.9 Å². The maximum absolute atomic E-state index is 11.3. The van der Waals surface area contributed by atoms with Crippen molar-refractivity contribution >= 4 is 24.3 Å². The molecular formula is C15H23BN2O3. The SMILES string of the molecule is CNC(=O)Nc1ccc(B2OC(C)(C)C(C)(C)O2)c(C)c1. The van der Waals surface area contributed by atoms with Crippen LogP contribution in [-0.4, -0.2) is 31.4 Å². The Morgan fingerprint density at radius 2 is 1.71 bits per heavy atom. The fraction of sp³-hybridized carbons (Fsp3) is 0.533. The van der Waals surface area contributed by atoms with Crippen molar-refractivity contribution < 1.29 is 14.1 Å². The van der Waals surface area contributed by atoms with Crippen LogP contribution in [0.2, 0.25) is 0 Å². The summed E-state index contributed by atoms with van der Waals surface area (Å²) in [6, 6.07) is 5.46. The molecule has 2 N–H and O–H groups in total. The summed E-state index contributed by atoms with van der Waals surface area (Å²) >= 11 is 0. The number of benzene rings is 1. The molecule has 0 unspecified atom stereocenters. The van der Waals surface area contributed by atoms with Gasteiger partial charge in [0.25, 0.3) is 0 Å². The van der Waals surface area contributed by atoms with Crippen molar-refractivity contribution in [3.05, 3.63) is 23.8 Å². The lowest BCUT2D eigenvalue weighted by molar-refractivity contribution is 0.00578. The van der Waals surface area contributed by atoms with E-state index in [0.29, 0.717) is 0 Å². The minimum Gasteiger partial charge on any atom is -0.399 e. The van der Waals surface area contributed by atoms with E-state index in [1.807, 2.05) is 52.8 Å². The lowest BCUT2D eigenvalue weighted by atomic mass is 9.76. The van der Waals surface area contributed by atoms with Gasteiger partial charge in [-0.25, -0.2) is 4.79 Å². The molecule has 1 aliphatic heterocycles. The maximum Gasteiger partial charge on any atom is 0.495 e. The Morgan fingerprint density at radius 3 is 2.19 bits per heavy atom. The van der Waals surface area contributed by atoms with Crippen LogP contribution >= 0.6 is 0 Å². The van der Waals surface area contributed by atoms with Crippen molar-refractivity contribution in [1.29, 1.82) is 0 Å². The van der Waals surface area contributed by atoms with Gasteiger partial charge in [0.1, 0.15) is 0 Å². The van der Waals surface area contributed by atoms with Crippen LogP contribution in [0.1, 0.15) is 33.3 Å². The molecule has 2 rings (SSSR count). The summed E-state index contributed by atoms with van der Waals surface area (Å²) in [6.07, 6.45) is 0. The molecule has 0 atom stereocenters. The van der Waals surface area contributed by atoms with Crippen molar-refractivity contribution in [2.24, 2.45) is 0 Å². The molecule has 1 fully saturated rings. The topological polar surface area (TPSA) is 59.6 Å². The first-order valence-corrected chi connectivity index (χ1v) is 7.11. The van der Waals surface area contributed by atoms with Crippen LogP contribution < -0.4 is 16.1 Å². The van der Waals surface area contributed by atoms with Gasteiger partial charge in [0, 0.05) is 12.7 Å². The number of carbonyl (C=O) groups excluding carboxylic acids is 1. The Bertz CT molecular complexity index is 542. The molecular weight excluding hydrogens is 267 g/mol. The molecule has 5 nitrogen and oxygen atoms in total. The van der Waals surface area contributed by atoms with Crippen LogP contribution in [0.5, 0.6) is 0 Å². The summed E-state index contributed by atoms with van der Waals surface area (Å²) < 4.78 is 12.1. The second-order valence-corrected chi connectivity index (χ2v) is 6.36. The van der Waals surface area contributed by atoms with E-state index in [1.54, 1.807) is 7.05 Å². The minimum atomic E-state index is -0.385. The summed E-state index contributed by atoms with van der Waals surface area (Å²) in [5.41, 5.74) is 2.03. The average molecular weight is 290 g/mol. The van der Waals surface area contributed by atoms with Crippen LogP contribution in [0.3, 0.4) is 0 Å². The zero-order valence-electron chi connectivity index (χ0n) is 13.5. The molecule has 0 aromatic heterocycles. The van der Waals surface area contributed by atoms with Crippen LogP contribution in [0, 0.1) is 6.92 Å². The van der Waals surface area contributed by atoms with E-state index in [9.17, 15) is 4.79 Å². The van der Waals surface area contributed by atoms with E-state index >= 15 is 0 Å². The molecule has 21 heavy (non-hydrogen) atoms. The third kappa shape index (κ3) is 3.06. The molecule has 0 saturated carbocycles. The highest BCUT2D eigenvalue weighted by atomic mass is 16.7. The molecule has 1 aromatic carbocycles. The zero-order chi connectivity index (χ0) is 15.8. The highest BCUT2D eigenvalue weighted by molar-refractivity contribution is 6.62. The van der Waals surface area contributed by atoms with Gasteiger partial charge in [0.2, 0.25) is 0 Å². The van der Waals surface area contributed by atoms with E-state index in [2.05, 4.69) is 10.6 Å². The van der Waals surface area contributed by atoms with Gasteiger partial charge in [-0.05, 0) is 57.8 Å². The predicted molar refractivity (Wildman–Crippen MR) is 85.0 cm³/mol. The van der Waals surface area contributed by atoms with Crippen LogP contribution in [0.4, 0.5) is 10.5 Å². The van der Waals surface area contributed by atoms with E-state index in [1.165, 1.54) is 0 Å². The molecule has 0 spiro atoms. The van der Waals surface area contributed by atoms with Crippen LogP contribution in [-0.2, 0) is 9.31 Å². The molecule has 0 radical (unpaired) electrons. The highest BCUT2D eigenvalue weighted by Crippen LogP contribution is 2.36. The number of nitrogens with one attached hydrogen (secondary N) is 2. The van der Waals surface area contributed by atoms with Crippen molar-refractivity contribution in [1.82, 2.24) is 5.32 Å². The van der Waals surface area contributed by atoms with E-state index in [4.69, 9.17) is 9.31 Å². The van der Waals surface area contributed by atoms with Gasteiger partial charge in [0.15, 0.2) is 0 Å². The highest BCUT2D eigenvalue weighted by Gasteiger charge is 2.51. The molecule has 0 bridgehead atoms. The van der Waals surface area contributed by atoms with Gasteiger partial charge in [-0.15, -0.1) is 0 Å². The van der Waals surface area contributed by atoms with E-state index in [-0.39, 0.29) is 24.4 Å². The fourth-order valence-electron chi connectivity index (χ4n) is 2.18. The smallest absolute Gasteiger partial charge is 0.399 e. The number of anilines is 1. The molecule has 1 aromatic rings. The quantitative estimate of drug-likeness (QED) is 0.819. The van der Waals surface area contributed by atoms with Crippen molar-refractivity contribution in [2.45, 2.75) is 45.8 Å². The summed E-state index contributed by atoms with van der Waals surface area (Å²) in [7, 11) is 1.20. The molecule has 6 heteroatoms. The summed E-state index contributed by atoms with van der Waals surface area (Å²) in [5, 5.41) is 5.28. The molecule has 1 saturated heterocycles.